The van der Waals surface area contributed by atoms with Gasteiger partial charge in [0.05, 0.1) is 13.2 Å². The predicted octanol–water partition coefficient (Wildman–Crippen LogP) is 0.0558. The van der Waals surface area contributed by atoms with E-state index in [9.17, 15) is 4.79 Å². The Bertz CT molecular complexity index is 154. The van der Waals surface area contributed by atoms with Crippen LogP contribution in [0, 0.1) is 0 Å². The van der Waals surface area contributed by atoms with E-state index in [1.807, 2.05) is 20.9 Å². The lowest BCUT2D eigenvalue weighted by atomic mass is 10.4. The Labute approximate surface area is 99.3 Å². The lowest BCUT2D eigenvalue weighted by molar-refractivity contribution is -0.119. The molecule has 0 spiro atoms. The summed E-state index contributed by atoms with van der Waals surface area (Å²) in [6.07, 6.45) is 0.936. The third-order valence-electron chi connectivity index (χ3n) is 1.90. The van der Waals surface area contributed by atoms with Crippen LogP contribution in [0.25, 0.3) is 0 Å². The fourth-order valence-corrected chi connectivity index (χ4v) is 1.01. The van der Waals surface area contributed by atoms with Crippen LogP contribution in [-0.4, -0.2) is 57.8 Å². The number of amides is 1. The zero-order valence-electron chi connectivity index (χ0n) is 11.1. The van der Waals surface area contributed by atoms with Gasteiger partial charge in [-0.25, -0.2) is 0 Å². The second kappa shape index (κ2) is 14.3. The Morgan fingerprint density at radius 1 is 1.38 bits per heavy atom. The van der Waals surface area contributed by atoms with Crippen LogP contribution in [0.1, 0.15) is 20.3 Å². The van der Waals surface area contributed by atoms with E-state index in [-0.39, 0.29) is 12.5 Å². The van der Waals surface area contributed by atoms with Crippen LogP contribution in [-0.2, 0) is 9.53 Å². The third kappa shape index (κ3) is 13.4. The van der Waals surface area contributed by atoms with Crippen LogP contribution < -0.4 is 11.1 Å². The summed E-state index contributed by atoms with van der Waals surface area (Å²) in [4.78, 5) is 12.9. The Kier molecular flexibility index (Phi) is 15.9. The maximum atomic E-state index is 10.8. The molecule has 5 nitrogen and oxygen atoms in total. The number of nitrogens with zero attached hydrogens (tertiary/aromatic N) is 1. The molecule has 0 unspecified atom stereocenters. The number of hydrogen-bond donors (Lipinski definition) is 2. The lowest BCUT2D eigenvalue weighted by Gasteiger charge is -2.15. The van der Waals surface area contributed by atoms with E-state index in [0.717, 1.165) is 26.1 Å². The summed E-state index contributed by atoms with van der Waals surface area (Å²) in [5.74, 6) is -0.0930. The van der Waals surface area contributed by atoms with Gasteiger partial charge in [-0.3, -0.25) is 4.79 Å². The summed E-state index contributed by atoms with van der Waals surface area (Å²) in [6, 6.07) is 0. The largest absolute Gasteiger partial charge is 0.383 e. The SMILES string of the molecule is CC.COCCN(C)CCCNC(=O)CN. The molecule has 0 aliphatic rings. The number of nitrogens with one attached hydrogen (secondary N) is 1. The number of likely N-dealkylation sites (N-methyl/N-ethyl adjacent to an activating group) is 1. The van der Waals surface area contributed by atoms with Gasteiger partial charge in [-0.15, -0.1) is 0 Å². The first kappa shape index (κ1) is 17.7. The molecular formula is C11H27N3O2. The van der Waals surface area contributed by atoms with Gasteiger partial charge in [-0.2, -0.15) is 0 Å². The van der Waals surface area contributed by atoms with Gasteiger partial charge in [0.25, 0.3) is 0 Å². The van der Waals surface area contributed by atoms with Gasteiger partial charge < -0.3 is 20.7 Å². The van der Waals surface area contributed by atoms with Crippen LogP contribution in [0.15, 0.2) is 0 Å². The number of rotatable bonds is 8. The average molecular weight is 233 g/mol. The summed E-state index contributed by atoms with van der Waals surface area (Å²) < 4.78 is 4.95. The van der Waals surface area contributed by atoms with Crippen molar-refractivity contribution in [2.75, 3.05) is 46.9 Å². The molecule has 0 aliphatic carbocycles. The Balaban J connectivity index is 0. The first-order valence-corrected chi connectivity index (χ1v) is 5.85. The summed E-state index contributed by atoms with van der Waals surface area (Å²) in [5.41, 5.74) is 5.14. The monoisotopic (exact) mass is 233 g/mol. The molecule has 16 heavy (non-hydrogen) atoms. The molecule has 0 atom stereocenters. The van der Waals surface area contributed by atoms with Crippen molar-refractivity contribution in [1.29, 1.82) is 0 Å². The molecular weight excluding hydrogens is 206 g/mol. The molecule has 0 aromatic carbocycles. The van der Waals surface area contributed by atoms with E-state index in [1.165, 1.54) is 0 Å². The van der Waals surface area contributed by atoms with Crippen molar-refractivity contribution in [1.82, 2.24) is 10.2 Å². The molecule has 1 amide bonds. The van der Waals surface area contributed by atoms with Crippen molar-refractivity contribution in [2.24, 2.45) is 5.73 Å². The maximum absolute atomic E-state index is 10.8. The third-order valence-corrected chi connectivity index (χ3v) is 1.90. The predicted molar refractivity (Wildman–Crippen MR) is 67.4 cm³/mol. The maximum Gasteiger partial charge on any atom is 0.233 e. The van der Waals surface area contributed by atoms with Crippen LogP contribution in [0.3, 0.4) is 0 Å². The fraction of sp³-hybridized carbons (Fsp3) is 0.909. The van der Waals surface area contributed by atoms with Gasteiger partial charge in [0.2, 0.25) is 5.91 Å². The Morgan fingerprint density at radius 2 is 2.00 bits per heavy atom. The number of nitrogens with two attached hydrogens (primary N) is 1. The van der Waals surface area contributed by atoms with E-state index in [2.05, 4.69) is 10.2 Å². The molecule has 0 aromatic rings. The van der Waals surface area contributed by atoms with Crippen LogP contribution in [0.4, 0.5) is 0 Å². The minimum Gasteiger partial charge on any atom is -0.383 e. The Morgan fingerprint density at radius 3 is 2.50 bits per heavy atom. The number of methoxy groups -OCH3 is 1. The van der Waals surface area contributed by atoms with E-state index >= 15 is 0 Å². The topological polar surface area (TPSA) is 67.6 Å². The van der Waals surface area contributed by atoms with Gasteiger partial charge >= 0.3 is 0 Å². The van der Waals surface area contributed by atoms with E-state index < -0.39 is 0 Å². The van der Waals surface area contributed by atoms with Gasteiger partial charge in [0.1, 0.15) is 0 Å². The molecule has 3 N–H and O–H groups in total. The summed E-state index contributed by atoms with van der Waals surface area (Å²) >= 11 is 0. The highest BCUT2D eigenvalue weighted by Crippen LogP contribution is 1.86. The molecule has 0 radical (unpaired) electrons. The molecule has 0 fully saturated rings. The second-order valence-electron chi connectivity index (χ2n) is 3.20. The number of ether oxygens (including phenoxy) is 1. The smallest absolute Gasteiger partial charge is 0.233 e. The molecule has 98 valence electrons. The molecule has 0 aromatic heterocycles. The van der Waals surface area contributed by atoms with Crippen molar-refractivity contribution >= 4 is 5.91 Å². The van der Waals surface area contributed by atoms with Crippen molar-refractivity contribution < 1.29 is 9.53 Å². The number of carbonyl (C=O) groups excluding carboxylic acids is 1. The molecule has 5 heteroatoms. The minimum atomic E-state index is -0.0930. The van der Waals surface area contributed by atoms with Gasteiger partial charge in [0.15, 0.2) is 0 Å². The first-order valence-electron chi connectivity index (χ1n) is 5.85. The normalized spacial score (nSPS) is 9.62. The molecule has 0 rings (SSSR count). The highest BCUT2D eigenvalue weighted by molar-refractivity contribution is 5.77. The molecule has 0 aliphatic heterocycles. The molecule has 0 bridgehead atoms. The number of hydrogen-bond acceptors (Lipinski definition) is 4. The summed E-state index contributed by atoms with van der Waals surface area (Å²) in [7, 11) is 3.72. The number of carbonyl (C=O) groups is 1. The van der Waals surface area contributed by atoms with Gasteiger partial charge in [-0.05, 0) is 20.0 Å². The molecule has 0 heterocycles. The average Bonchev–Trinajstić information content (AvgIpc) is 2.34. The van der Waals surface area contributed by atoms with Crippen molar-refractivity contribution in [3.8, 4) is 0 Å². The van der Waals surface area contributed by atoms with Crippen molar-refractivity contribution in [3.63, 3.8) is 0 Å². The quantitative estimate of drug-likeness (QED) is 0.582. The van der Waals surface area contributed by atoms with E-state index in [1.54, 1.807) is 7.11 Å². The zero-order chi connectivity index (χ0) is 12.8. The second-order valence-corrected chi connectivity index (χ2v) is 3.20. The molecule has 0 saturated carbocycles. The van der Waals surface area contributed by atoms with Gasteiger partial charge in [-0.1, -0.05) is 13.8 Å². The standard InChI is InChI=1S/C9H21N3O2.C2H6/c1-12(6-7-14-2)5-3-4-11-9(13)8-10;1-2/h3-8,10H2,1-2H3,(H,11,13);1-2H3. The minimum absolute atomic E-state index is 0.0690. The Hall–Kier alpha value is -0.650. The van der Waals surface area contributed by atoms with Crippen LogP contribution in [0.5, 0.6) is 0 Å². The van der Waals surface area contributed by atoms with Gasteiger partial charge in [0, 0.05) is 20.2 Å². The van der Waals surface area contributed by atoms with Crippen LogP contribution >= 0.6 is 0 Å². The summed E-state index contributed by atoms with van der Waals surface area (Å²) in [6.45, 7) is 7.37. The fourth-order valence-electron chi connectivity index (χ4n) is 1.01. The van der Waals surface area contributed by atoms with E-state index in [0.29, 0.717) is 6.54 Å². The zero-order valence-corrected chi connectivity index (χ0v) is 11.1. The van der Waals surface area contributed by atoms with Crippen molar-refractivity contribution in [2.45, 2.75) is 20.3 Å². The highest BCUT2D eigenvalue weighted by Gasteiger charge is 1.98. The molecule has 0 saturated heterocycles. The first-order chi connectivity index (χ1) is 7.70. The lowest BCUT2D eigenvalue weighted by Crippen LogP contribution is -2.33. The van der Waals surface area contributed by atoms with Crippen molar-refractivity contribution in [3.05, 3.63) is 0 Å². The van der Waals surface area contributed by atoms with Crippen LogP contribution in [0.2, 0.25) is 0 Å². The highest BCUT2D eigenvalue weighted by atomic mass is 16.5. The van der Waals surface area contributed by atoms with E-state index in [4.69, 9.17) is 10.5 Å². The summed E-state index contributed by atoms with van der Waals surface area (Å²) in [5, 5.41) is 2.72.